The molecule has 0 spiro atoms. The Hall–Kier alpha value is -2.73. The zero-order valence-corrected chi connectivity index (χ0v) is 18.3. The molecule has 4 rings (SSSR count). The lowest BCUT2D eigenvalue weighted by molar-refractivity contribution is 0.384. The molecule has 0 radical (unpaired) electrons. The quantitative estimate of drug-likeness (QED) is 0.610. The highest BCUT2D eigenvalue weighted by atomic mass is 32.2. The summed E-state index contributed by atoms with van der Waals surface area (Å²) in [7, 11) is -3.68. The monoisotopic (exact) mass is 438 g/mol. The van der Waals surface area contributed by atoms with E-state index >= 15 is 0 Å². The van der Waals surface area contributed by atoms with Crippen LogP contribution < -0.4 is 4.90 Å². The Labute approximate surface area is 181 Å². The van der Waals surface area contributed by atoms with Gasteiger partial charge in [0.1, 0.15) is 6.07 Å². The standard InChI is InChI=1S/C22H22N4O2S2/c1-17-6-8-18(9-7-17)14-20-16-29-22(24-20)25-10-12-26(13-11-25)30(27,28)21-5-3-2-4-19(21)15-23/h2-9,16H,10-14H2,1H3. The van der Waals surface area contributed by atoms with Crippen molar-refractivity contribution in [2.75, 3.05) is 31.1 Å². The summed E-state index contributed by atoms with van der Waals surface area (Å²) in [4.78, 5) is 6.97. The van der Waals surface area contributed by atoms with Gasteiger partial charge < -0.3 is 4.90 Å². The lowest BCUT2D eigenvalue weighted by atomic mass is 10.1. The van der Waals surface area contributed by atoms with Gasteiger partial charge in [0, 0.05) is 38.0 Å². The number of nitrogens with zero attached hydrogens (tertiary/aromatic N) is 4. The molecule has 2 heterocycles. The molecular formula is C22H22N4O2S2. The number of benzene rings is 2. The van der Waals surface area contributed by atoms with Gasteiger partial charge in [0.25, 0.3) is 0 Å². The maximum absolute atomic E-state index is 13.0. The summed E-state index contributed by atoms with van der Waals surface area (Å²) in [5.41, 5.74) is 3.67. The first-order valence-corrected chi connectivity index (χ1v) is 12.0. The Morgan fingerprint density at radius 2 is 1.77 bits per heavy atom. The van der Waals surface area contributed by atoms with Gasteiger partial charge in [-0.05, 0) is 24.6 Å². The van der Waals surface area contributed by atoms with Gasteiger partial charge in [-0.15, -0.1) is 11.3 Å². The maximum Gasteiger partial charge on any atom is 0.244 e. The molecule has 154 valence electrons. The average molecular weight is 439 g/mol. The number of aromatic nitrogens is 1. The average Bonchev–Trinajstić information content (AvgIpc) is 3.24. The third-order valence-corrected chi connectivity index (χ3v) is 8.09. The van der Waals surface area contributed by atoms with Crippen LogP contribution in [0.15, 0.2) is 58.8 Å². The summed E-state index contributed by atoms with van der Waals surface area (Å²) in [6.07, 6.45) is 0.788. The molecule has 1 aromatic heterocycles. The molecule has 2 aromatic carbocycles. The smallest absolute Gasteiger partial charge is 0.244 e. The topological polar surface area (TPSA) is 77.3 Å². The van der Waals surface area contributed by atoms with Crippen molar-refractivity contribution in [2.24, 2.45) is 0 Å². The summed E-state index contributed by atoms with van der Waals surface area (Å²) in [6.45, 7) is 3.96. The number of hydrogen-bond donors (Lipinski definition) is 0. The van der Waals surface area contributed by atoms with E-state index in [1.807, 2.05) is 6.07 Å². The minimum Gasteiger partial charge on any atom is -0.345 e. The molecule has 0 aliphatic carbocycles. The van der Waals surface area contributed by atoms with E-state index in [1.165, 1.54) is 27.6 Å². The lowest BCUT2D eigenvalue weighted by Gasteiger charge is -2.33. The van der Waals surface area contributed by atoms with Crippen LogP contribution in [0.5, 0.6) is 0 Å². The SMILES string of the molecule is Cc1ccc(Cc2csc(N3CCN(S(=O)(=O)c4ccccc4C#N)CC3)n2)cc1. The molecule has 0 unspecified atom stereocenters. The predicted molar refractivity (Wildman–Crippen MR) is 118 cm³/mol. The number of piperazine rings is 1. The second-order valence-corrected chi connectivity index (χ2v) is 10.0. The van der Waals surface area contributed by atoms with Crippen molar-refractivity contribution in [1.82, 2.24) is 9.29 Å². The van der Waals surface area contributed by atoms with E-state index in [-0.39, 0.29) is 10.5 Å². The van der Waals surface area contributed by atoms with Crippen LogP contribution in [-0.2, 0) is 16.4 Å². The van der Waals surface area contributed by atoms with E-state index in [1.54, 1.807) is 23.5 Å². The van der Waals surface area contributed by atoms with Gasteiger partial charge in [-0.3, -0.25) is 0 Å². The van der Waals surface area contributed by atoms with Crippen molar-refractivity contribution >= 4 is 26.5 Å². The number of thiazole rings is 1. The van der Waals surface area contributed by atoms with E-state index in [0.29, 0.717) is 26.2 Å². The summed E-state index contributed by atoms with van der Waals surface area (Å²) >= 11 is 1.59. The third kappa shape index (κ3) is 4.24. The summed E-state index contributed by atoms with van der Waals surface area (Å²) < 4.78 is 27.4. The molecule has 1 saturated heterocycles. The molecule has 0 atom stereocenters. The molecule has 1 aliphatic heterocycles. The molecule has 30 heavy (non-hydrogen) atoms. The number of aryl methyl sites for hydroxylation is 1. The van der Waals surface area contributed by atoms with Crippen molar-refractivity contribution in [2.45, 2.75) is 18.2 Å². The van der Waals surface area contributed by atoms with Gasteiger partial charge in [-0.1, -0.05) is 42.0 Å². The third-order valence-electron chi connectivity index (χ3n) is 5.18. The molecule has 0 saturated carbocycles. The maximum atomic E-state index is 13.0. The zero-order chi connectivity index (χ0) is 21.1. The molecule has 1 fully saturated rings. The Balaban J connectivity index is 1.42. The second kappa shape index (κ2) is 8.56. The molecule has 0 bridgehead atoms. The van der Waals surface area contributed by atoms with E-state index in [4.69, 9.17) is 4.98 Å². The summed E-state index contributed by atoms with van der Waals surface area (Å²) in [5.74, 6) is 0. The number of nitriles is 1. The van der Waals surface area contributed by atoms with Gasteiger partial charge in [-0.25, -0.2) is 13.4 Å². The van der Waals surface area contributed by atoms with Crippen LogP contribution in [0.3, 0.4) is 0 Å². The molecule has 0 amide bonds. The second-order valence-electron chi connectivity index (χ2n) is 7.28. The Kier molecular flexibility index (Phi) is 5.86. The summed E-state index contributed by atoms with van der Waals surface area (Å²) in [5, 5.41) is 12.2. The van der Waals surface area contributed by atoms with Crippen molar-refractivity contribution < 1.29 is 8.42 Å². The highest BCUT2D eigenvalue weighted by molar-refractivity contribution is 7.89. The molecule has 3 aromatic rings. The fourth-order valence-electron chi connectivity index (χ4n) is 3.48. The van der Waals surface area contributed by atoms with Crippen molar-refractivity contribution in [3.63, 3.8) is 0 Å². The first-order valence-electron chi connectivity index (χ1n) is 9.71. The Morgan fingerprint density at radius 1 is 1.07 bits per heavy atom. The first kappa shape index (κ1) is 20.5. The molecule has 0 N–H and O–H groups in total. The van der Waals surface area contributed by atoms with E-state index < -0.39 is 10.0 Å². The fraction of sp³-hybridized carbons (Fsp3) is 0.273. The minimum atomic E-state index is -3.68. The molecule has 1 aliphatic rings. The van der Waals surface area contributed by atoms with E-state index in [0.717, 1.165) is 17.2 Å². The van der Waals surface area contributed by atoms with Gasteiger partial charge in [-0.2, -0.15) is 9.57 Å². The van der Waals surface area contributed by atoms with Gasteiger partial charge in [0.05, 0.1) is 16.2 Å². The summed E-state index contributed by atoms with van der Waals surface area (Å²) in [6, 6.07) is 16.8. The van der Waals surface area contributed by atoms with Gasteiger partial charge >= 0.3 is 0 Å². The normalized spacial score (nSPS) is 15.1. The highest BCUT2D eigenvalue weighted by Crippen LogP contribution is 2.26. The minimum absolute atomic E-state index is 0.0792. The number of sulfonamides is 1. The molecular weight excluding hydrogens is 416 g/mol. The fourth-order valence-corrected chi connectivity index (χ4v) is 5.92. The van der Waals surface area contributed by atoms with Crippen LogP contribution in [0.25, 0.3) is 0 Å². The number of hydrogen-bond acceptors (Lipinski definition) is 6. The van der Waals surface area contributed by atoms with Gasteiger partial charge in [0.15, 0.2) is 5.13 Å². The predicted octanol–water partition coefficient (Wildman–Crippen LogP) is 3.42. The Morgan fingerprint density at radius 3 is 2.47 bits per heavy atom. The van der Waals surface area contributed by atoms with Crippen LogP contribution >= 0.6 is 11.3 Å². The zero-order valence-electron chi connectivity index (χ0n) is 16.7. The van der Waals surface area contributed by atoms with Crippen molar-refractivity contribution in [1.29, 1.82) is 5.26 Å². The number of anilines is 1. The van der Waals surface area contributed by atoms with Crippen LogP contribution in [0.1, 0.15) is 22.4 Å². The van der Waals surface area contributed by atoms with Crippen molar-refractivity contribution in [3.8, 4) is 6.07 Å². The van der Waals surface area contributed by atoms with Crippen LogP contribution in [0.4, 0.5) is 5.13 Å². The molecule has 6 nitrogen and oxygen atoms in total. The molecule has 8 heteroatoms. The van der Waals surface area contributed by atoms with E-state index in [9.17, 15) is 13.7 Å². The van der Waals surface area contributed by atoms with Crippen molar-refractivity contribution in [3.05, 3.63) is 76.3 Å². The van der Waals surface area contributed by atoms with E-state index in [2.05, 4.69) is 41.5 Å². The first-order chi connectivity index (χ1) is 14.5. The Bertz CT molecular complexity index is 1170. The highest BCUT2D eigenvalue weighted by Gasteiger charge is 2.30. The van der Waals surface area contributed by atoms with Crippen LogP contribution in [-0.4, -0.2) is 43.9 Å². The van der Waals surface area contributed by atoms with Crippen LogP contribution in [0.2, 0.25) is 0 Å². The largest absolute Gasteiger partial charge is 0.345 e. The lowest BCUT2D eigenvalue weighted by Crippen LogP contribution is -2.48. The van der Waals surface area contributed by atoms with Gasteiger partial charge in [0.2, 0.25) is 10.0 Å². The number of rotatable bonds is 5. The van der Waals surface area contributed by atoms with Crippen LogP contribution in [0, 0.1) is 18.3 Å².